The van der Waals surface area contributed by atoms with Gasteiger partial charge in [-0.3, -0.25) is 4.79 Å². The average molecular weight is 279 g/mol. The molecule has 0 aliphatic heterocycles. The molecule has 0 aliphatic rings. The molecule has 0 aliphatic carbocycles. The molecule has 0 spiro atoms. The molecular weight excluding hydrogens is 254 g/mol. The van der Waals surface area contributed by atoms with E-state index in [1.807, 2.05) is 32.9 Å². The molecule has 2 N–H and O–H groups in total. The summed E-state index contributed by atoms with van der Waals surface area (Å²) in [5.41, 5.74) is 2.79. The smallest absolute Gasteiger partial charge is 0.308 e. The van der Waals surface area contributed by atoms with Crippen LogP contribution in [0.25, 0.3) is 0 Å². The maximum absolute atomic E-state index is 11.8. The lowest BCUT2D eigenvalue weighted by atomic mass is 10.00. The summed E-state index contributed by atoms with van der Waals surface area (Å²) in [6, 6.07) is 5.58. The Bertz CT molecular complexity index is 459. The molecule has 4 heteroatoms. The fourth-order valence-electron chi connectivity index (χ4n) is 1.98. The fraction of sp³-hybridized carbons (Fsp3) is 0.562. The van der Waals surface area contributed by atoms with E-state index < -0.39 is 5.79 Å². The number of likely N-dealkylation sites (N-methyl/N-ethyl adjacent to an activating group) is 1. The molecule has 0 saturated carbocycles. The highest BCUT2D eigenvalue weighted by atomic mass is 16.7. The van der Waals surface area contributed by atoms with Crippen LogP contribution >= 0.6 is 0 Å². The zero-order valence-electron chi connectivity index (χ0n) is 12.8. The summed E-state index contributed by atoms with van der Waals surface area (Å²) >= 11 is 0. The van der Waals surface area contributed by atoms with Crippen LogP contribution in [-0.2, 0) is 15.3 Å². The highest BCUT2D eigenvalue weighted by Gasteiger charge is 2.33. The van der Waals surface area contributed by atoms with Gasteiger partial charge in [0, 0.05) is 12.0 Å². The van der Waals surface area contributed by atoms with E-state index in [0.717, 1.165) is 24.0 Å². The van der Waals surface area contributed by atoms with Crippen LogP contribution in [-0.4, -0.2) is 24.7 Å². The van der Waals surface area contributed by atoms with Crippen molar-refractivity contribution in [1.29, 1.82) is 0 Å². The van der Waals surface area contributed by atoms with Crippen LogP contribution in [0.2, 0.25) is 0 Å². The molecule has 1 atom stereocenters. The van der Waals surface area contributed by atoms with Gasteiger partial charge < -0.3 is 15.2 Å². The normalized spacial score (nSPS) is 13.8. The Kier molecular flexibility index (Phi) is 6.17. The Hall–Kier alpha value is -1.39. The number of ether oxygens (including phenoxy) is 1. The number of hydrogen-bond donors (Lipinski definition) is 2. The number of unbranched alkanes of at least 4 members (excludes halogenated alkanes) is 1. The molecule has 0 heterocycles. The first-order valence-corrected chi connectivity index (χ1v) is 7.09. The minimum atomic E-state index is -1.61. The molecule has 0 fully saturated rings. The number of carbonyl (C=O) groups is 1. The highest BCUT2D eigenvalue weighted by Crippen LogP contribution is 2.25. The van der Waals surface area contributed by atoms with Crippen molar-refractivity contribution in [3.8, 4) is 0 Å². The van der Waals surface area contributed by atoms with Gasteiger partial charge in [-0.25, -0.2) is 0 Å². The second-order valence-corrected chi connectivity index (χ2v) is 5.19. The van der Waals surface area contributed by atoms with Gasteiger partial charge in [-0.2, -0.15) is 0 Å². The molecule has 1 unspecified atom stereocenters. The van der Waals surface area contributed by atoms with E-state index in [4.69, 9.17) is 4.74 Å². The molecule has 1 aromatic carbocycles. The van der Waals surface area contributed by atoms with Crippen molar-refractivity contribution in [1.82, 2.24) is 5.32 Å². The molecule has 0 amide bonds. The van der Waals surface area contributed by atoms with E-state index in [1.165, 1.54) is 0 Å². The largest absolute Gasteiger partial charge is 0.427 e. The highest BCUT2D eigenvalue weighted by molar-refractivity contribution is 5.70. The van der Waals surface area contributed by atoms with Crippen molar-refractivity contribution in [2.24, 2.45) is 0 Å². The number of aryl methyl sites for hydroxylation is 2. The Morgan fingerprint density at radius 3 is 2.60 bits per heavy atom. The van der Waals surface area contributed by atoms with Crippen LogP contribution in [0.1, 0.15) is 42.9 Å². The summed E-state index contributed by atoms with van der Waals surface area (Å²) in [4.78, 5) is 11.8. The van der Waals surface area contributed by atoms with E-state index in [0.29, 0.717) is 12.0 Å². The van der Waals surface area contributed by atoms with Crippen molar-refractivity contribution in [3.05, 3.63) is 34.9 Å². The van der Waals surface area contributed by atoms with Gasteiger partial charge in [0.25, 0.3) is 5.79 Å². The molecule has 0 aromatic heterocycles. The first-order valence-electron chi connectivity index (χ1n) is 7.09. The lowest BCUT2D eigenvalue weighted by Crippen LogP contribution is -2.41. The van der Waals surface area contributed by atoms with E-state index >= 15 is 0 Å². The summed E-state index contributed by atoms with van der Waals surface area (Å²) in [5, 5.41) is 13.5. The zero-order valence-corrected chi connectivity index (χ0v) is 12.8. The van der Waals surface area contributed by atoms with Crippen molar-refractivity contribution < 1.29 is 14.6 Å². The summed E-state index contributed by atoms with van der Waals surface area (Å²) in [7, 11) is 1.71. The predicted octanol–water partition coefficient (Wildman–Crippen LogP) is 2.40. The first kappa shape index (κ1) is 16.7. The van der Waals surface area contributed by atoms with Gasteiger partial charge in [-0.15, -0.1) is 0 Å². The van der Waals surface area contributed by atoms with E-state index in [-0.39, 0.29) is 12.5 Å². The summed E-state index contributed by atoms with van der Waals surface area (Å²) in [5.74, 6) is -1.99. The third-order valence-corrected chi connectivity index (χ3v) is 3.39. The maximum atomic E-state index is 11.8. The Morgan fingerprint density at radius 2 is 2.05 bits per heavy atom. The number of nitrogens with one attached hydrogen (secondary N) is 1. The number of aliphatic hydroxyl groups is 1. The van der Waals surface area contributed by atoms with Gasteiger partial charge in [-0.05, 0) is 44.5 Å². The van der Waals surface area contributed by atoms with E-state index in [1.54, 1.807) is 13.1 Å². The predicted molar refractivity (Wildman–Crippen MR) is 79.4 cm³/mol. The monoisotopic (exact) mass is 279 g/mol. The van der Waals surface area contributed by atoms with Crippen molar-refractivity contribution >= 4 is 5.97 Å². The quantitative estimate of drug-likeness (QED) is 0.594. The van der Waals surface area contributed by atoms with Crippen LogP contribution in [0.4, 0.5) is 0 Å². The Labute approximate surface area is 121 Å². The fourth-order valence-corrected chi connectivity index (χ4v) is 1.98. The zero-order chi connectivity index (χ0) is 15.2. The van der Waals surface area contributed by atoms with Gasteiger partial charge in [0.05, 0.1) is 6.54 Å². The van der Waals surface area contributed by atoms with Gasteiger partial charge in [0.15, 0.2) is 0 Å². The SMILES string of the molecule is CCCCC(=O)OC(O)(CNC)c1ccc(C)c(C)c1. The lowest BCUT2D eigenvalue weighted by Gasteiger charge is -2.28. The number of esters is 1. The van der Waals surface area contributed by atoms with E-state index in [9.17, 15) is 9.90 Å². The minimum absolute atomic E-state index is 0.160. The third-order valence-electron chi connectivity index (χ3n) is 3.39. The number of carbonyl (C=O) groups excluding carboxylic acids is 1. The van der Waals surface area contributed by atoms with Crippen molar-refractivity contribution in [3.63, 3.8) is 0 Å². The van der Waals surface area contributed by atoms with Crippen LogP contribution in [0, 0.1) is 13.8 Å². The second-order valence-electron chi connectivity index (χ2n) is 5.19. The molecule has 4 nitrogen and oxygen atoms in total. The van der Waals surface area contributed by atoms with Gasteiger partial charge in [0.1, 0.15) is 0 Å². The standard InChI is InChI=1S/C16H25NO3/c1-5-6-7-15(18)20-16(19,11-17-4)14-9-8-12(2)13(3)10-14/h8-10,17,19H,5-7,11H2,1-4H3. The van der Waals surface area contributed by atoms with Gasteiger partial charge in [-0.1, -0.05) is 25.5 Å². The lowest BCUT2D eigenvalue weighted by molar-refractivity contribution is -0.213. The maximum Gasteiger partial charge on any atom is 0.308 e. The molecule has 1 rings (SSSR count). The number of benzene rings is 1. The van der Waals surface area contributed by atoms with Crippen LogP contribution in [0.3, 0.4) is 0 Å². The van der Waals surface area contributed by atoms with E-state index in [2.05, 4.69) is 5.32 Å². The summed E-state index contributed by atoms with van der Waals surface area (Å²) < 4.78 is 5.32. The average Bonchev–Trinajstić information content (AvgIpc) is 2.39. The second kappa shape index (κ2) is 7.41. The molecular formula is C16H25NO3. The number of hydrogen-bond acceptors (Lipinski definition) is 4. The Balaban J connectivity index is 2.95. The summed E-state index contributed by atoms with van der Waals surface area (Å²) in [6.07, 6.45) is 2.01. The molecule has 0 saturated heterocycles. The summed E-state index contributed by atoms with van der Waals surface area (Å²) in [6.45, 7) is 6.14. The van der Waals surface area contributed by atoms with Gasteiger partial charge >= 0.3 is 5.97 Å². The van der Waals surface area contributed by atoms with Crippen LogP contribution < -0.4 is 5.32 Å². The molecule has 20 heavy (non-hydrogen) atoms. The molecule has 0 bridgehead atoms. The van der Waals surface area contributed by atoms with Crippen LogP contribution in [0.5, 0.6) is 0 Å². The molecule has 0 radical (unpaired) electrons. The topological polar surface area (TPSA) is 58.6 Å². The van der Waals surface area contributed by atoms with Crippen molar-refractivity contribution in [2.75, 3.05) is 13.6 Å². The van der Waals surface area contributed by atoms with Gasteiger partial charge in [0.2, 0.25) is 0 Å². The molecule has 112 valence electrons. The van der Waals surface area contributed by atoms with Crippen molar-refractivity contribution in [2.45, 2.75) is 45.8 Å². The Morgan fingerprint density at radius 1 is 1.35 bits per heavy atom. The number of rotatable bonds is 7. The third kappa shape index (κ3) is 4.32. The van der Waals surface area contributed by atoms with Crippen LogP contribution in [0.15, 0.2) is 18.2 Å². The first-order chi connectivity index (χ1) is 9.42. The molecule has 1 aromatic rings. The minimum Gasteiger partial charge on any atom is -0.427 e.